The van der Waals surface area contributed by atoms with Gasteiger partial charge in [-0.2, -0.15) is 30.6 Å². The van der Waals surface area contributed by atoms with Crippen molar-refractivity contribution in [3.63, 3.8) is 0 Å². The van der Waals surface area contributed by atoms with Crippen LogP contribution in [-0.4, -0.2) is 61.4 Å². The first-order valence-electron chi connectivity index (χ1n) is 12.0. The van der Waals surface area contributed by atoms with Crippen LogP contribution in [0.3, 0.4) is 0 Å². The maximum atomic E-state index is 13.6. The number of halogens is 6. The summed E-state index contributed by atoms with van der Waals surface area (Å²) in [5, 5.41) is 14.6. The molecule has 1 spiro atoms. The van der Waals surface area contributed by atoms with Crippen LogP contribution >= 0.6 is 0 Å². The quantitative estimate of drug-likeness (QED) is 0.425. The highest BCUT2D eigenvalue weighted by molar-refractivity contribution is 7.92. The Morgan fingerprint density at radius 1 is 1.05 bits per heavy atom. The molecule has 8 nitrogen and oxygen atoms in total. The molecule has 15 heteroatoms. The summed E-state index contributed by atoms with van der Waals surface area (Å²) < 4.78 is 107. The van der Waals surface area contributed by atoms with Gasteiger partial charge >= 0.3 is 12.4 Å². The van der Waals surface area contributed by atoms with Crippen molar-refractivity contribution in [1.82, 2.24) is 9.62 Å². The number of amides is 1. The molecule has 2 aliphatic heterocycles. The highest BCUT2D eigenvalue weighted by Crippen LogP contribution is 2.36. The van der Waals surface area contributed by atoms with Crippen LogP contribution in [0, 0.1) is 0 Å². The molecular weight excluding hydrogens is 566 g/mol. The highest BCUT2D eigenvalue weighted by atomic mass is 32.2. The molecule has 4 rings (SSSR count). The molecule has 0 aliphatic carbocycles. The molecule has 2 aromatic rings. The Hall–Kier alpha value is -3.43. The zero-order chi connectivity index (χ0) is 29.3. The number of nitrogens with zero attached hydrogens (tertiary/aromatic N) is 2. The van der Waals surface area contributed by atoms with Gasteiger partial charge in [0.1, 0.15) is 11.4 Å². The Morgan fingerprint density at radius 3 is 2.38 bits per heavy atom. The minimum absolute atomic E-state index is 0.0286. The summed E-state index contributed by atoms with van der Waals surface area (Å²) in [6, 6.07) is 7.52. The van der Waals surface area contributed by atoms with Gasteiger partial charge in [-0.1, -0.05) is 18.2 Å². The fourth-order valence-electron chi connectivity index (χ4n) is 4.45. The SMILES string of the molecule is O=C1NC(c2cccc(C(F)(F)F)c2)=NC12CCN(S(=O)(=O)C=Cc1ccc(NCCO)cc1C(F)(F)F)CC2. The predicted molar refractivity (Wildman–Crippen MR) is 135 cm³/mol. The second kappa shape index (κ2) is 10.9. The number of aliphatic hydroxyl groups excluding tert-OH is 1. The number of carbonyl (C=O) groups excluding carboxylic acids is 1. The second-order valence-electron chi connectivity index (χ2n) is 9.22. The number of sulfonamides is 1. The summed E-state index contributed by atoms with van der Waals surface area (Å²) in [5.41, 5.74) is -3.60. The van der Waals surface area contributed by atoms with Crippen LogP contribution in [0.5, 0.6) is 0 Å². The van der Waals surface area contributed by atoms with Gasteiger partial charge in [-0.15, -0.1) is 0 Å². The number of alkyl halides is 6. The van der Waals surface area contributed by atoms with Crippen molar-refractivity contribution in [2.45, 2.75) is 30.7 Å². The minimum atomic E-state index is -4.77. The molecule has 40 heavy (non-hydrogen) atoms. The predicted octanol–water partition coefficient (Wildman–Crippen LogP) is 3.84. The summed E-state index contributed by atoms with van der Waals surface area (Å²) in [6.45, 7) is -0.635. The van der Waals surface area contributed by atoms with Gasteiger partial charge in [0.15, 0.2) is 0 Å². The molecule has 2 heterocycles. The molecule has 2 aromatic carbocycles. The van der Waals surface area contributed by atoms with Crippen molar-refractivity contribution in [2.24, 2.45) is 4.99 Å². The Kier molecular flexibility index (Phi) is 8.02. The molecule has 0 bridgehead atoms. The van der Waals surface area contributed by atoms with E-state index in [1.807, 2.05) is 0 Å². The number of hydrogen-bond donors (Lipinski definition) is 3. The summed E-state index contributed by atoms with van der Waals surface area (Å²) in [7, 11) is -4.19. The molecular formula is C25H24F6N4O4S. The highest BCUT2D eigenvalue weighted by Gasteiger charge is 2.47. The molecule has 216 valence electrons. The van der Waals surface area contributed by atoms with Gasteiger partial charge in [0.25, 0.3) is 5.91 Å². The van der Waals surface area contributed by atoms with E-state index in [0.29, 0.717) is 5.41 Å². The smallest absolute Gasteiger partial charge is 0.395 e. The van der Waals surface area contributed by atoms with E-state index in [2.05, 4.69) is 15.6 Å². The van der Waals surface area contributed by atoms with Gasteiger partial charge in [0.05, 0.1) is 17.7 Å². The number of aliphatic imine (C=N–C) groups is 1. The minimum Gasteiger partial charge on any atom is -0.395 e. The lowest BCUT2D eigenvalue weighted by Crippen LogP contribution is -2.50. The van der Waals surface area contributed by atoms with Crippen LogP contribution in [0.25, 0.3) is 6.08 Å². The van der Waals surface area contributed by atoms with Crippen molar-refractivity contribution in [2.75, 3.05) is 31.6 Å². The van der Waals surface area contributed by atoms with E-state index in [0.717, 1.165) is 34.6 Å². The van der Waals surface area contributed by atoms with Crippen LogP contribution in [0.2, 0.25) is 0 Å². The Balaban J connectivity index is 1.50. The molecule has 0 unspecified atom stereocenters. The van der Waals surface area contributed by atoms with Crippen molar-refractivity contribution in [3.05, 3.63) is 70.1 Å². The zero-order valence-electron chi connectivity index (χ0n) is 20.7. The molecule has 3 N–H and O–H groups in total. The second-order valence-corrected chi connectivity index (χ2v) is 11.0. The van der Waals surface area contributed by atoms with Crippen molar-refractivity contribution >= 4 is 33.5 Å². The van der Waals surface area contributed by atoms with Gasteiger partial charge in [0.2, 0.25) is 10.0 Å². The number of rotatable bonds is 7. The molecule has 2 aliphatic rings. The van der Waals surface area contributed by atoms with E-state index in [1.54, 1.807) is 0 Å². The molecule has 1 fully saturated rings. The van der Waals surface area contributed by atoms with Crippen LogP contribution in [0.15, 0.2) is 52.9 Å². The number of piperidine rings is 1. The van der Waals surface area contributed by atoms with Crippen molar-refractivity contribution in [3.8, 4) is 0 Å². The van der Waals surface area contributed by atoms with Crippen LogP contribution < -0.4 is 10.6 Å². The van der Waals surface area contributed by atoms with Crippen LogP contribution in [0.1, 0.15) is 35.1 Å². The monoisotopic (exact) mass is 590 g/mol. The first-order valence-corrected chi connectivity index (χ1v) is 13.5. The van der Waals surface area contributed by atoms with Gasteiger partial charge in [-0.3, -0.25) is 9.79 Å². The molecule has 0 atom stereocenters. The maximum Gasteiger partial charge on any atom is 0.417 e. The Morgan fingerprint density at radius 2 is 1.75 bits per heavy atom. The third kappa shape index (κ3) is 6.31. The van der Waals surface area contributed by atoms with Crippen LogP contribution in [-0.2, 0) is 27.2 Å². The van der Waals surface area contributed by atoms with E-state index < -0.39 is 44.9 Å². The average molecular weight is 591 g/mol. The standard InChI is InChI=1S/C25H24F6N4O4S/c26-24(27,28)18-3-1-2-17(14-18)21-33-22(37)23(34-21)7-10-35(11-8-23)40(38,39)13-6-16-4-5-19(32-9-12-36)15-20(16)25(29,30)31/h1-6,13-15,32,36H,7-12H2,(H,33,34,37). The van der Waals surface area contributed by atoms with E-state index in [4.69, 9.17) is 5.11 Å². The first kappa shape index (κ1) is 29.6. The zero-order valence-corrected chi connectivity index (χ0v) is 21.5. The van der Waals surface area contributed by atoms with E-state index in [1.165, 1.54) is 18.2 Å². The number of amidine groups is 1. The molecule has 1 amide bonds. The van der Waals surface area contributed by atoms with Crippen LogP contribution in [0.4, 0.5) is 32.0 Å². The van der Waals surface area contributed by atoms with Crippen molar-refractivity contribution in [1.29, 1.82) is 0 Å². The van der Waals surface area contributed by atoms with E-state index in [9.17, 15) is 39.6 Å². The third-order valence-electron chi connectivity index (χ3n) is 6.57. The largest absolute Gasteiger partial charge is 0.417 e. The average Bonchev–Trinajstić information content (AvgIpc) is 3.21. The summed E-state index contributed by atoms with van der Waals surface area (Å²) in [6.07, 6.45) is -8.68. The Bertz CT molecular complexity index is 1450. The molecule has 1 saturated heterocycles. The van der Waals surface area contributed by atoms with Crippen molar-refractivity contribution < 1.29 is 44.7 Å². The van der Waals surface area contributed by atoms with E-state index in [-0.39, 0.29) is 61.7 Å². The maximum absolute atomic E-state index is 13.6. The van der Waals surface area contributed by atoms with E-state index >= 15 is 0 Å². The fourth-order valence-corrected chi connectivity index (χ4v) is 5.63. The van der Waals surface area contributed by atoms with Gasteiger partial charge in [-0.25, -0.2) is 8.42 Å². The van der Waals surface area contributed by atoms with Gasteiger partial charge < -0.3 is 15.7 Å². The fraction of sp³-hybridized carbons (Fsp3) is 0.360. The lowest BCUT2D eigenvalue weighted by atomic mass is 9.89. The lowest BCUT2D eigenvalue weighted by molar-refractivity contribution is -0.138. The number of carbonyl (C=O) groups is 1. The summed E-state index contributed by atoms with van der Waals surface area (Å²) in [5.74, 6) is -0.624. The van der Waals surface area contributed by atoms with Gasteiger partial charge in [0, 0.05) is 36.3 Å². The normalized spacial score (nSPS) is 18.3. The number of nitrogens with one attached hydrogen (secondary N) is 2. The Labute approximate surface area is 225 Å². The number of aliphatic hydroxyl groups is 1. The molecule has 0 saturated carbocycles. The summed E-state index contributed by atoms with van der Waals surface area (Å²) >= 11 is 0. The third-order valence-corrected chi connectivity index (χ3v) is 8.14. The first-order chi connectivity index (χ1) is 18.6. The number of hydrogen-bond acceptors (Lipinski definition) is 6. The number of anilines is 1. The topological polar surface area (TPSA) is 111 Å². The lowest BCUT2D eigenvalue weighted by Gasteiger charge is -2.34. The molecule has 0 radical (unpaired) electrons. The van der Waals surface area contributed by atoms with Gasteiger partial charge in [-0.05, 0) is 48.7 Å². The molecule has 0 aromatic heterocycles. The summed E-state index contributed by atoms with van der Waals surface area (Å²) in [4.78, 5) is 17.1. The number of benzene rings is 2.